The zero-order valence-corrected chi connectivity index (χ0v) is 11.8. The van der Waals surface area contributed by atoms with Gasteiger partial charge in [0.15, 0.2) is 0 Å². The lowest BCUT2D eigenvalue weighted by Gasteiger charge is -2.18. The average Bonchev–Trinajstić information content (AvgIpc) is 2.37. The molecular formula is C14H21N3O2. The summed E-state index contributed by atoms with van der Waals surface area (Å²) in [7, 11) is 3.33. The number of amides is 2. The van der Waals surface area contributed by atoms with Gasteiger partial charge in [-0.25, -0.2) is 0 Å². The third-order valence-electron chi connectivity index (χ3n) is 2.84. The molecule has 19 heavy (non-hydrogen) atoms. The van der Waals surface area contributed by atoms with Gasteiger partial charge in [0, 0.05) is 14.1 Å². The second-order valence-electron chi connectivity index (χ2n) is 5.00. The lowest BCUT2D eigenvalue weighted by molar-refractivity contribution is -0.118. The van der Waals surface area contributed by atoms with E-state index in [-0.39, 0.29) is 17.7 Å². The van der Waals surface area contributed by atoms with Crippen molar-refractivity contribution in [3.05, 3.63) is 29.8 Å². The highest BCUT2D eigenvalue weighted by Crippen LogP contribution is 2.17. The average molecular weight is 263 g/mol. The van der Waals surface area contributed by atoms with E-state index in [4.69, 9.17) is 5.73 Å². The largest absolute Gasteiger partial charge is 0.345 e. The Kier molecular flexibility index (Phi) is 5.06. The van der Waals surface area contributed by atoms with E-state index in [0.717, 1.165) is 0 Å². The minimum absolute atomic E-state index is 0.0386. The third-order valence-corrected chi connectivity index (χ3v) is 2.84. The summed E-state index contributed by atoms with van der Waals surface area (Å²) in [6.45, 7) is 3.75. The van der Waals surface area contributed by atoms with Crippen molar-refractivity contribution in [1.82, 2.24) is 4.90 Å². The van der Waals surface area contributed by atoms with Crippen molar-refractivity contribution in [2.75, 3.05) is 19.4 Å². The van der Waals surface area contributed by atoms with Gasteiger partial charge in [-0.05, 0) is 18.1 Å². The molecule has 0 spiro atoms. The van der Waals surface area contributed by atoms with E-state index in [1.54, 1.807) is 38.4 Å². The fraction of sp³-hybridized carbons (Fsp3) is 0.429. The molecule has 2 amide bonds. The van der Waals surface area contributed by atoms with Gasteiger partial charge in [-0.1, -0.05) is 26.0 Å². The molecule has 1 atom stereocenters. The lowest BCUT2D eigenvalue weighted by atomic mass is 10.0. The summed E-state index contributed by atoms with van der Waals surface area (Å²) in [5, 5.41) is 2.72. The lowest BCUT2D eigenvalue weighted by Crippen LogP contribution is -2.40. The number of hydrogen-bond donors (Lipinski definition) is 2. The Morgan fingerprint density at radius 2 is 1.79 bits per heavy atom. The van der Waals surface area contributed by atoms with E-state index in [1.807, 2.05) is 13.8 Å². The monoisotopic (exact) mass is 263 g/mol. The number of hydrogen-bond acceptors (Lipinski definition) is 3. The highest BCUT2D eigenvalue weighted by Gasteiger charge is 2.20. The molecule has 0 aliphatic heterocycles. The van der Waals surface area contributed by atoms with Crippen LogP contribution in [0.2, 0.25) is 0 Å². The molecule has 0 saturated carbocycles. The number of nitrogens with two attached hydrogens (primary N) is 1. The number of carbonyl (C=O) groups excluding carboxylic acids is 2. The van der Waals surface area contributed by atoms with E-state index in [1.165, 1.54) is 4.90 Å². The Morgan fingerprint density at radius 3 is 2.32 bits per heavy atom. The Labute approximate surface area is 113 Å². The van der Waals surface area contributed by atoms with Crippen molar-refractivity contribution in [2.45, 2.75) is 19.9 Å². The summed E-state index contributed by atoms with van der Waals surface area (Å²) in [6.07, 6.45) is 0. The first-order chi connectivity index (χ1) is 8.84. The van der Waals surface area contributed by atoms with Gasteiger partial charge in [-0.2, -0.15) is 0 Å². The van der Waals surface area contributed by atoms with Crippen LogP contribution in [-0.4, -0.2) is 36.9 Å². The molecule has 1 aromatic rings. The first kappa shape index (κ1) is 15.2. The normalized spacial score (nSPS) is 12.1. The first-order valence-electron chi connectivity index (χ1n) is 6.21. The molecule has 0 unspecified atom stereocenters. The fourth-order valence-electron chi connectivity index (χ4n) is 1.54. The molecule has 0 heterocycles. The van der Waals surface area contributed by atoms with E-state index in [0.29, 0.717) is 11.3 Å². The fourth-order valence-corrected chi connectivity index (χ4v) is 1.54. The maximum Gasteiger partial charge on any atom is 0.255 e. The quantitative estimate of drug-likeness (QED) is 0.860. The van der Waals surface area contributed by atoms with E-state index in [9.17, 15) is 9.59 Å². The van der Waals surface area contributed by atoms with Gasteiger partial charge < -0.3 is 16.0 Å². The zero-order valence-electron chi connectivity index (χ0n) is 11.8. The molecule has 0 aliphatic rings. The van der Waals surface area contributed by atoms with Crippen LogP contribution in [0.4, 0.5) is 5.69 Å². The third kappa shape index (κ3) is 3.79. The standard InChI is InChI=1S/C14H21N3O2/c1-9(2)12(15)13(18)16-11-8-6-5-7-10(11)14(19)17(3)4/h5-9,12H,15H2,1-4H3,(H,16,18)/t12-/m1/s1. The molecule has 0 aromatic heterocycles. The molecule has 104 valence electrons. The summed E-state index contributed by atoms with van der Waals surface area (Å²) in [5.74, 6) is -0.403. The summed E-state index contributed by atoms with van der Waals surface area (Å²) >= 11 is 0. The van der Waals surface area contributed by atoms with Crippen molar-refractivity contribution in [3.8, 4) is 0 Å². The number of benzene rings is 1. The van der Waals surface area contributed by atoms with Gasteiger partial charge in [0.05, 0.1) is 17.3 Å². The second-order valence-corrected chi connectivity index (χ2v) is 5.00. The molecule has 1 aromatic carbocycles. The molecule has 0 saturated heterocycles. The van der Waals surface area contributed by atoms with Gasteiger partial charge >= 0.3 is 0 Å². The number of rotatable bonds is 4. The minimum Gasteiger partial charge on any atom is -0.345 e. The molecule has 0 aliphatic carbocycles. The molecule has 1 rings (SSSR count). The number of carbonyl (C=O) groups is 2. The Balaban J connectivity index is 2.96. The van der Waals surface area contributed by atoms with Crippen LogP contribution in [0.25, 0.3) is 0 Å². The van der Waals surface area contributed by atoms with Gasteiger partial charge in [0.2, 0.25) is 5.91 Å². The number of nitrogens with one attached hydrogen (secondary N) is 1. The number of nitrogens with zero attached hydrogens (tertiary/aromatic N) is 1. The second kappa shape index (κ2) is 6.33. The summed E-state index contributed by atoms with van der Waals surface area (Å²) in [4.78, 5) is 25.4. The van der Waals surface area contributed by atoms with Crippen molar-refractivity contribution in [1.29, 1.82) is 0 Å². The molecule has 0 fully saturated rings. The van der Waals surface area contributed by atoms with Gasteiger partial charge in [0.1, 0.15) is 0 Å². The maximum atomic E-state index is 12.0. The maximum absolute atomic E-state index is 12.0. The van der Waals surface area contributed by atoms with Crippen LogP contribution >= 0.6 is 0 Å². The summed E-state index contributed by atoms with van der Waals surface area (Å²) in [6, 6.07) is 6.31. The highest BCUT2D eigenvalue weighted by molar-refractivity contribution is 6.04. The summed E-state index contributed by atoms with van der Waals surface area (Å²) in [5.41, 5.74) is 6.73. The van der Waals surface area contributed by atoms with Crippen LogP contribution in [0.15, 0.2) is 24.3 Å². The van der Waals surface area contributed by atoms with E-state index in [2.05, 4.69) is 5.32 Å². The van der Waals surface area contributed by atoms with Crippen LogP contribution in [0, 0.1) is 5.92 Å². The topological polar surface area (TPSA) is 75.4 Å². The van der Waals surface area contributed by atoms with Crippen LogP contribution < -0.4 is 11.1 Å². The van der Waals surface area contributed by atoms with Crippen LogP contribution in [0.5, 0.6) is 0 Å². The predicted molar refractivity (Wildman–Crippen MR) is 75.9 cm³/mol. The Morgan fingerprint density at radius 1 is 1.21 bits per heavy atom. The predicted octanol–water partition coefficient (Wildman–Crippen LogP) is 1.31. The number of anilines is 1. The van der Waals surface area contributed by atoms with Crippen molar-refractivity contribution in [2.24, 2.45) is 11.7 Å². The number of para-hydroxylation sites is 1. The van der Waals surface area contributed by atoms with Crippen LogP contribution in [0.1, 0.15) is 24.2 Å². The SMILES string of the molecule is CC(C)[C@@H](N)C(=O)Nc1ccccc1C(=O)N(C)C. The summed E-state index contributed by atoms with van der Waals surface area (Å²) < 4.78 is 0. The van der Waals surface area contributed by atoms with Crippen molar-refractivity contribution >= 4 is 17.5 Å². The Hall–Kier alpha value is -1.88. The van der Waals surface area contributed by atoms with E-state index < -0.39 is 6.04 Å². The van der Waals surface area contributed by atoms with Crippen LogP contribution in [0.3, 0.4) is 0 Å². The van der Waals surface area contributed by atoms with Gasteiger partial charge in [-0.3, -0.25) is 9.59 Å². The molecule has 5 heteroatoms. The zero-order chi connectivity index (χ0) is 14.6. The molecular weight excluding hydrogens is 242 g/mol. The van der Waals surface area contributed by atoms with Crippen molar-refractivity contribution in [3.63, 3.8) is 0 Å². The highest BCUT2D eigenvalue weighted by atomic mass is 16.2. The molecule has 3 N–H and O–H groups in total. The smallest absolute Gasteiger partial charge is 0.255 e. The van der Waals surface area contributed by atoms with Gasteiger partial charge in [-0.15, -0.1) is 0 Å². The molecule has 5 nitrogen and oxygen atoms in total. The molecule has 0 radical (unpaired) electrons. The Bertz CT molecular complexity index is 470. The van der Waals surface area contributed by atoms with E-state index >= 15 is 0 Å². The van der Waals surface area contributed by atoms with Crippen molar-refractivity contribution < 1.29 is 9.59 Å². The minimum atomic E-state index is -0.595. The van der Waals surface area contributed by atoms with Gasteiger partial charge in [0.25, 0.3) is 5.91 Å². The van der Waals surface area contributed by atoms with Crippen LogP contribution in [-0.2, 0) is 4.79 Å². The molecule has 0 bridgehead atoms. The first-order valence-corrected chi connectivity index (χ1v) is 6.21.